The van der Waals surface area contributed by atoms with Gasteiger partial charge in [0, 0.05) is 38.3 Å². The second kappa shape index (κ2) is 5.95. The van der Waals surface area contributed by atoms with Crippen LogP contribution in [-0.2, 0) is 36.1 Å². The number of cyclic esters (lactones) is 1. The van der Waals surface area contributed by atoms with E-state index >= 15 is 0 Å². The maximum absolute atomic E-state index is 14.9. The summed E-state index contributed by atoms with van der Waals surface area (Å²) in [6, 6.07) is 3.02. The molecule has 2 atom stereocenters. The van der Waals surface area contributed by atoms with Gasteiger partial charge < -0.3 is 15.0 Å². The molecule has 0 radical (unpaired) electrons. The summed E-state index contributed by atoms with van der Waals surface area (Å²) in [6.45, 7) is 2.84. The first kappa shape index (κ1) is 17.0. The molecule has 2 amide bonds. The molecule has 1 N–H and O–H groups in total. The summed E-state index contributed by atoms with van der Waals surface area (Å²) >= 11 is 0. The highest BCUT2D eigenvalue weighted by Crippen LogP contribution is 2.42. The van der Waals surface area contributed by atoms with E-state index in [1.807, 2.05) is 24.2 Å². The summed E-state index contributed by atoms with van der Waals surface area (Å²) in [5.41, 5.74) is 4.05. The van der Waals surface area contributed by atoms with E-state index in [2.05, 4.69) is 10.4 Å². The molecule has 0 aliphatic carbocycles. The number of aromatic nitrogens is 2. The van der Waals surface area contributed by atoms with Crippen molar-refractivity contribution in [3.05, 3.63) is 41.0 Å². The fraction of sp³-hybridized carbons (Fsp3) is 0.421. The summed E-state index contributed by atoms with van der Waals surface area (Å²) in [5.74, 6) is -0.548. The SMILES string of the molecule is CC(=O)NC[C@@H]1OC(=O)N2c3cc(F)c(N4Cc5cn(C)nc5C4)cc3C[C@@H]12. The first-order valence-electron chi connectivity index (χ1n) is 9.23. The van der Waals surface area contributed by atoms with Gasteiger partial charge in [-0.3, -0.25) is 14.4 Å². The molecule has 3 aliphatic heterocycles. The van der Waals surface area contributed by atoms with Crippen LogP contribution < -0.4 is 15.1 Å². The molecule has 0 bridgehead atoms. The number of benzene rings is 1. The summed E-state index contributed by atoms with van der Waals surface area (Å²) in [4.78, 5) is 27.0. The number of hydrogen-bond acceptors (Lipinski definition) is 5. The zero-order valence-corrected chi connectivity index (χ0v) is 15.6. The molecule has 1 fully saturated rings. The highest BCUT2D eigenvalue weighted by molar-refractivity contribution is 5.94. The van der Waals surface area contributed by atoms with Crippen molar-refractivity contribution in [3.8, 4) is 0 Å². The largest absolute Gasteiger partial charge is 0.442 e. The lowest BCUT2D eigenvalue weighted by Crippen LogP contribution is -2.40. The predicted molar refractivity (Wildman–Crippen MR) is 98.4 cm³/mol. The Kier molecular flexibility index (Phi) is 3.62. The molecule has 0 unspecified atom stereocenters. The molecule has 4 heterocycles. The number of carbonyl (C=O) groups excluding carboxylic acids is 2. The monoisotopic (exact) mass is 385 g/mol. The Morgan fingerprint density at radius 2 is 2.14 bits per heavy atom. The van der Waals surface area contributed by atoms with Crippen LogP contribution >= 0.6 is 0 Å². The van der Waals surface area contributed by atoms with Crippen LogP contribution in [0.2, 0.25) is 0 Å². The standard InChI is InChI=1S/C19H20FN5O3/c1-10(26)21-6-18-17-4-11-3-16(13(20)5-15(11)25(17)19(27)28-18)24-8-12-7-23(2)22-14(12)9-24/h3,5,7,17-18H,4,6,8-9H2,1-2H3,(H,21,26)/t17-,18-/m0/s1. The van der Waals surface area contributed by atoms with Gasteiger partial charge in [-0.2, -0.15) is 5.10 Å². The normalized spacial score (nSPS) is 22.2. The van der Waals surface area contributed by atoms with Crippen molar-refractivity contribution < 1.29 is 18.7 Å². The van der Waals surface area contributed by atoms with E-state index in [-0.39, 0.29) is 24.3 Å². The molecular formula is C19H20FN5O3. The summed E-state index contributed by atoms with van der Waals surface area (Å²) < 4.78 is 22.1. The van der Waals surface area contributed by atoms with Crippen LogP contribution in [0.3, 0.4) is 0 Å². The Bertz CT molecular complexity index is 980. The van der Waals surface area contributed by atoms with Crippen LogP contribution in [0.4, 0.5) is 20.6 Å². The Hall–Kier alpha value is -3.10. The van der Waals surface area contributed by atoms with Crippen LogP contribution in [0.1, 0.15) is 23.7 Å². The summed E-state index contributed by atoms with van der Waals surface area (Å²) in [5, 5.41) is 7.11. The highest BCUT2D eigenvalue weighted by Gasteiger charge is 2.48. The van der Waals surface area contributed by atoms with Gasteiger partial charge in [-0.05, 0) is 18.1 Å². The van der Waals surface area contributed by atoms with Gasteiger partial charge in [-0.1, -0.05) is 0 Å². The molecule has 0 spiro atoms. The number of aryl methyl sites for hydroxylation is 1. The van der Waals surface area contributed by atoms with Crippen molar-refractivity contribution in [3.63, 3.8) is 0 Å². The Morgan fingerprint density at radius 1 is 1.32 bits per heavy atom. The molecule has 1 aromatic carbocycles. The Morgan fingerprint density at radius 3 is 2.89 bits per heavy atom. The van der Waals surface area contributed by atoms with Crippen LogP contribution in [0.15, 0.2) is 18.3 Å². The molecule has 146 valence electrons. The Labute approximate surface area is 160 Å². The van der Waals surface area contributed by atoms with E-state index in [0.29, 0.717) is 30.9 Å². The summed E-state index contributed by atoms with van der Waals surface area (Å²) in [6.07, 6.45) is 1.58. The lowest BCUT2D eigenvalue weighted by molar-refractivity contribution is -0.119. The van der Waals surface area contributed by atoms with Gasteiger partial charge >= 0.3 is 6.09 Å². The van der Waals surface area contributed by atoms with Gasteiger partial charge in [-0.15, -0.1) is 0 Å². The Balaban J connectivity index is 1.41. The van der Waals surface area contributed by atoms with Crippen molar-refractivity contribution in [2.45, 2.75) is 38.6 Å². The zero-order valence-electron chi connectivity index (χ0n) is 15.6. The predicted octanol–water partition coefficient (Wildman–Crippen LogP) is 1.47. The van der Waals surface area contributed by atoms with Crippen LogP contribution in [0, 0.1) is 5.82 Å². The molecule has 5 rings (SSSR count). The smallest absolute Gasteiger partial charge is 0.415 e. The number of halogens is 1. The van der Waals surface area contributed by atoms with Gasteiger partial charge in [0.2, 0.25) is 5.91 Å². The van der Waals surface area contributed by atoms with Gasteiger partial charge in [0.15, 0.2) is 0 Å². The molecule has 9 heteroatoms. The van der Waals surface area contributed by atoms with E-state index in [0.717, 1.165) is 16.8 Å². The minimum absolute atomic E-state index is 0.180. The van der Waals surface area contributed by atoms with Crippen LogP contribution in [0.25, 0.3) is 0 Å². The first-order valence-corrected chi connectivity index (χ1v) is 9.23. The third kappa shape index (κ3) is 2.53. The number of amides is 2. The first-order chi connectivity index (χ1) is 13.4. The third-order valence-corrected chi connectivity index (χ3v) is 5.63. The molecule has 28 heavy (non-hydrogen) atoms. The zero-order chi connectivity index (χ0) is 19.6. The number of nitrogens with zero attached hydrogens (tertiary/aromatic N) is 4. The van der Waals surface area contributed by atoms with Gasteiger partial charge in [0.1, 0.15) is 11.9 Å². The fourth-order valence-electron chi connectivity index (χ4n) is 4.40. The topological polar surface area (TPSA) is 79.7 Å². The van der Waals surface area contributed by atoms with Gasteiger partial charge in [-0.25, -0.2) is 9.18 Å². The van der Waals surface area contributed by atoms with Crippen molar-refractivity contribution >= 4 is 23.4 Å². The quantitative estimate of drug-likeness (QED) is 0.866. The lowest BCUT2D eigenvalue weighted by Gasteiger charge is -2.20. The van der Waals surface area contributed by atoms with E-state index < -0.39 is 12.2 Å². The molecular weight excluding hydrogens is 365 g/mol. The lowest BCUT2D eigenvalue weighted by atomic mass is 10.0. The number of nitrogens with one attached hydrogen (secondary N) is 1. The van der Waals surface area contributed by atoms with E-state index in [4.69, 9.17) is 4.74 Å². The molecule has 2 aromatic rings. The van der Waals surface area contributed by atoms with E-state index in [1.54, 1.807) is 4.68 Å². The minimum Gasteiger partial charge on any atom is -0.442 e. The van der Waals surface area contributed by atoms with E-state index in [9.17, 15) is 14.0 Å². The molecule has 0 saturated carbocycles. The molecule has 8 nitrogen and oxygen atoms in total. The van der Waals surface area contributed by atoms with Gasteiger partial charge in [0.05, 0.1) is 36.2 Å². The van der Waals surface area contributed by atoms with Crippen molar-refractivity contribution in [2.75, 3.05) is 16.3 Å². The maximum atomic E-state index is 14.9. The van der Waals surface area contributed by atoms with Crippen molar-refractivity contribution in [1.29, 1.82) is 0 Å². The average Bonchev–Trinajstić information content (AvgIpc) is 3.33. The van der Waals surface area contributed by atoms with E-state index in [1.165, 1.54) is 17.9 Å². The number of ether oxygens (including phenoxy) is 1. The summed E-state index contributed by atoms with van der Waals surface area (Å²) in [7, 11) is 1.88. The van der Waals surface area contributed by atoms with Crippen molar-refractivity contribution in [2.24, 2.45) is 7.05 Å². The minimum atomic E-state index is -0.496. The molecule has 1 saturated heterocycles. The number of anilines is 2. The van der Waals surface area contributed by atoms with Crippen molar-refractivity contribution in [1.82, 2.24) is 15.1 Å². The molecule has 3 aliphatic rings. The van der Waals surface area contributed by atoms with Crippen LogP contribution in [0.5, 0.6) is 0 Å². The number of carbonyl (C=O) groups is 2. The maximum Gasteiger partial charge on any atom is 0.415 e. The second-order valence-electron chi connectivity index (χ2n) is 7.56. The number of fused-ring (bicyclic) bond motifs is 4. The van der Waals surface area contributed by atoms with Crippen LogP contribution in [-0.4, -0.2) is 40.5 Å². The average molecular weight is 385 g/mol. The van der Waals surface area contributed by atoms with Gasteiger partial charge in [0.25, 0.3) is 0 Å². The highest BCUT2D eigenvalue weighted by atomic mass is 19.1. The number of rotatable bonds is 3. The second-order valence-corrected chi connectivity index (χ2v) is 7.56. The third-order valence-electron chi connectivity index (χ3n) is 5.63. The number of hydrogen-bond donors (Lipinski definition) is 1. The fourth-order valence-corrected chi connectivity index (χ4v) is 4.40. The molecule has 1 aromatic heterocycles.